The van der Waals surface area contributed by atoms with Crippen molar-refractivity contribution in [3.8, 4) is 0 Å². The van der Waals surface area contributed by atoms with Crippen molar-refractivity contribution >= 4 is 11.8 Å². The first-order chi connectivity index (χ1) is 10.1. The first kappa shape index (κ1) is 15.3. The highest BCUT2D eigenvalue weighted by atomic mass is 16.2. The van der Waals surface area contributed by atoms with Crippen molar-refractivity contribution in [1.82, 2.24) is 10.2 Å². The predicted molar refractivity (Wildman–Crippen MR) is 82.7 cm³/mol. The minimum atomic E-state index is -0.477. The Morgan fingerprint density at radius 3 is 2.67 bits per heavy atom. The topological polar surface area (TPSA) is 49.4 Å². The van der Waals surface area contributed by atoms with E-state index in [9.17, 15) is 9.59 Å². The van der Waals surface area contributed by atoms with Crippen molar-refractivity contribution in [2.45, 2.75) is 38.8 Å². The summed E-state index contributed by atoms with van der Waals surface area (Å²) in [6, 6.07) is 9.23. The van der Waals surface area contributed by atoms with Gasteiger partial charge in [0.25, 0.3) is 0 Å². The number of amides is 2. The van der Waals surface area contributed by atoms with Crippen LogP contribution in [0.2, 0.25) is 0 Å². The zero-order valence-corrected chi connectivity index (χ0v) is 12.6. The highest BCUT2D eigenvalue weighted by molar-refractivity contribution is 5.90. The third-order valence-corrected chi connectivity index (χ3v) is 3.75. The van der Waals surface area contributed by atoms with Crippen LogP contribution in [0.4, 0.5) is 0 Å². The molecule has 0 spiro atoms. The summed E-state index contributed by atoms with van der Waals surface area (Å²) in [5.74, 6) is -0.0601. The van der Waals surface area contributed by atoms with Gasteiger partial charge in [-0.1, -0.05) is 42.5 Å². The molecule has 21 heavy (non-hydrogen) atoms. The third kappa shape index (κ3) is 3.94. The van der Waals surface area contributed by atoms with Gasteiger partial charge in [-0.2, -0.15) is 0 Å². The lowest BCUT2D eigenvalue weighted by atomic mass is 10.0. The van der Waals surface area contributed by atoms with E-state index in [4.69, 9.17) is 0 Å². The summed E-state index contributed by atoms with van der Waals surface area (Å²) in [7, 11) is 0. The highest BCUT2D eigenvalue weighted by Gasteiger charge is 2.33. The second-order valence-electron chi connectivity index (χ2n) is 5.42. The van der Waals surface area contributed by atoms with Gasteiger partial charge in [0.05, 0.1) is 0 Å². The van der Waals surface area contributed by atoms with Crippen LogP contribution >= 0.6 is 0 Å². The summed E-state index contributed by atoms with van der Waals surface area (Å²) in [6.45, 7) is 4.40. The van der Waals surface area contributed by atoms with Gasteiger partial charge in [-0.3, -0.25) is 9.59 Å². The van der Waals surface area contributed by atoms with Gasteiger partial charge in [0, 0.05) is 25.4 Å². The second-order valence-corrected chi connectivity index (χ2v) is 5.42. The molecule has 4 heteroatoms. The largest absolute Gasteiger partial charge is 0.344 e. The maximum atomic E-state index is 12.7. The first-order valence-corrected chi connectivity index (χ1v) is 7.36. The summed E-state index contributed by atoms with van der Waals surface area (Å²) in [4.78, 5) is 26.4. The van der Waals surface area contributed by atoms with Crippen LogP contribution in [-0.2, 0) is 16.0 Å². The standard InChI is InChI=1S/C17H22N2O2/c1-3-4-10-19-13(2)11-16(20)18-15(17(19)21)12-14-8-6-5-7-9-14/h3-9,13,15H,10-12H2,1-2H3,(H,18,20)/b4-3+. The Balaban J connectivity index is 2.18. The second kappa shape index (κ2) is 7.07. The molecule has 2 rings (SSSR count). The third-order valence-electron chi connectivity index (χ3n) is 3.75. The van der Waals surface area contributed by atoms with Gasteiger partial charge in [0.2, 0.25) is 11.8 Å². The van der Waals surface area contributed by atoms with Crippen LogP contribution in [-0.4, -0.2) is 35.3 Å². The van der Waals surface area contributed by atoms with Gasteiger partial charge in [-0.25, -0.2) is 0 Å². The Morgan fingerprint density at radius 1 is 1.29 bits per heavy atom. The maximum absolute atomic E-state index is 12.7. The van der Waals surface area contributed by atoms with Crippen molar-refractivity contribution in [3.05, 3.63) is 48.0 Å². The number of rotatable bonds is 4. The molecular weight excluding hydrogens is 264 g/mol. The molecule has 2 amide bonds. The van der Waals surface area contributed by atoms with E-state index in [2.05, 4.69) is 5.32 Å². The predicted octanol–water partition coefficient (Wildman–Crippen LogP) is 1.91. The van der Waals surface area contributed by atoms with Crippen molar-refractivity contribution in [2.24, 2.45) is 0 Å². The number of hydrogen-bond acceptors (Lipinski definition) is 2. The molecule has 1 aliphatic heterocycles. The van der Waals surface area contributed by atoms with E-state index in [0.717, 1.165) is 5.56 Å². The number of hydrogen-bond donors (Lipinski definition) is 1. The van der Waals surface area contributed by atoms with Gasteiger partial charge in [0.1, 0.15) is 6.04 Å². The molecule has 1 aliphatic rings. The van der Waals surface area contributed by atoms with Gasteiger partial charge in [-0.15, -0.1) is 0 Å². The van der Waals surface area contributed by atoms with Crippen LogP contribution in [0.1, 0.15) is 25.8 Å². The molecule has 1 N–H and O–H groups in total. The molecule has 2 atom stereocenters. The molecule has 0 aliphatic carbocycles. The maximum Gasteiger partial charge on any atom is 0.246 e. The Hall–Kier alpha value is -2.10. The zero-order chi connectivity index (χ0) is 15.2. The molecule has 2 unspecified atom stereocenters. The van der Waals surface area contributed by atoms with Crippen LogP contribution in [0, 0.1) is 0 Å². The molecule has 1 aromatic rings. The molecule has 112 valence electrons. The van der Waals surface area contributed by atoms with Crippen LogP contribution in [0.5, 0.6) is 0 Å². The fraction of sp³-hybridized carbons (Fsp3) is 0.412. The van der Waals surface area contributed by atoms with Gasteiger partial charge >= 0.3 is 0 Å². The Kier molecular flexibility index (Phi) is 5.14. The molecule has 1 saturated heterocycles. The number of carbonyl (C=O) groups excluding carboxylic acids is 2. The average molecular weight is 286 g/mol. The fourth-order valence-corrected chi connectivity index (χ4v) is 2.59. The quantitative estimate of drug-likeness (QED) is 0.860. The Morgan fingerprint density at radius 2 is 2.00 bits per heavy atom. The van der Waals surface area contributed by atoms with E-state index < -0.39 is 6.04 Å². The Labute approximate surface area is 125 Å². The van der Waals surface area contributed by atoms with Gasteiger partial charge in [-0.05, 0) is 19.4 Å². The molecule has 1 fully saturated rings. The minimum Gasteiger partial charge on any atom is -0.344 e. The molecule has 0 saturated carbocycles. The van der Waals surface area contributed by atoms with Crippen LogP contribution < -0.4 is 5.32 Å². The summed E-state index contributed by atoms with van der Waals surface area (Å²) >= 11 is 0. The zero-order valence-electron chi connectivity index (χ0n) is 12.6. The van der Waals surface area contributed by atoms with Crippen molar-refractivity contribution in [3.63, 3.8) is 0 Å². The summed E-state index contributed by atoms with van der Waals surface area (Å²) in [5, 5.41) is 2.86. The normalized spacial score (nSPS) is 23.2. The molecule has 1 aromatic carbocycles. The monoisotopic (exact) mass is 286 g/mol. The summed E-state index contributed by atoms with van der Waals surface area (Å²) < 4.78 is 0. The number of carbonyl (C=O) groups is 2. The van der Waals surface area contributed by atoms with Crippen molar-refractivity contribution in [1.29, 1.82) is 0 Å². The molecular formula is C17H22N2O2. The van der Waals surface area contributed by atoms with Crippen molar-refractivity contribution < 1.29 is 9.59 Å². The van der Waals surface area contributed by atoms with Crippen molar-refractivity contribution in [2.75, 3.05) is 6.54 Å². The molecule has 0 aromatic heterocycles. The van der Waals surface area contributed by atoms with Crippen LogP contribution in [0.15, 0.2) is 42.5 Å². The van der Waals surface area contributed by atoms with Crippen LogP contribution in [0.25, 0.3) is 0 Å². The molecule has 4 nitrogen and oxygen atoms in total. The first-order valence-electron chi connectivity index (χ1n) is 7.36. The van der Waals surface area contributed by atoms with E-state index in [0.29, 0.717) is 19.4 Å². The summed E-state index contributed by atoms with van der Waals surface area (Å²) in [5.41, 5.74) is 1.05. The van der Waals surface area contributed by atoms with E-state index in [1.807, 2.05) is 56.3 Å². The number of allylic oxidation sites excluding steroid dienone is 1. The molecule has 0 bridgehead atoms. The average Bonchev–Trinajstić information content (AvgIpc) is 2.56. The van der Waals surface area contributed by atoms with Gasteiger partial charge in [0.15, 0.2) is 0 Å². The van der Waals surface area contributed by atoms with E-state index >= 15 is 0 Å². The molecule has 0 radical (unpaired) electrons. The minimum absolute atomic E-state index is 0.00435. The highest BCUT2D eigenvalue weighted by Crippen LogP contribution is 2.14. The Bertz CT molecular complexity index is 525. The smallest absolute Gasteiger partial charge is 0.246 e. The molecule has 1 heterocycles. The number of nitrogens with zero attached hydrogens (tertiary/aromatic N) is 1. The number of nitrogens with one attached hydrogen (secondary N) is 1. The SMILES string of the molecule is C/C=C/CN1C(=O)C(Cc2ccccc2)NC(=O)CC1C. The lowest BCUT2D eigenvalue weighted by Crippen LogP contribution is -2.47. The lowest BCUT2D eigenvalue weighted by molar-refractivity contribution is -0.134. The van der Waals surface area contributed by atoms with Gasteiger partial charge < -0.3 is 10.2 Å². The van der Waals surface area contributed by atoms with E-state index in [-0.39, 0.29) is 17.9 Å². The van der Waals surface area contributed by atoms with Crippen LogP contribution in [0.3, 0.4) is 0 Å². The fourth-order valence-electron chi connectivity index (χ4n) is 2.59. The number of benzene rings is 1. The van der Waals surface area contributed by atoms with E-state index in [1.165, 1.54) is 0 Å². The lowest BCUT2D eigenvalue weighted by Gasteiger charge is -2.27. The summed E-state index contributed by atoms with van der Waals surface area (Å²) in [6.07, 6.45) is 4.76. The van der Waals surface area contributed by atoms with E-state index in [1.54, 1.807) is 4.90 Å².